The zero-order valence-corrected chi connectivity index (χ0v) is 12.8. The Labute approximate surface area is 114 Å². The fourth-order valence-electron chi connectivity index (χ4n) is 2.13. The van der Waals surface area contributed by atoms with E-state index in [2.05, 4.69) is 66.3 Å². The van der Waals surface area contributed by atoms with Crippen LogP contribution in [0.1, 0.15) is 58.1 Å². The van der Waals surface area contributed by atoms with Crippen LogP contribution in [-0.2, 0) is 0 Å². The summed E-state index contributed by atoms with van der Waals surface area (Å²) in [7, 11) is 0. The van der Waals surface area contributed by atoms with Crippen LogP contribution >= 0.6 is 15.9 Å². The summed E-state index contributed by atoms with van der Waals surface area (Å²) in [5.41, 5.74) is 1.34. The van der Waals surface area contributed by atoms with Crippen molar-refractivity contribution in [1.29, 1.82) is 0 Å². The molecule has 0 fully saturated rings. The Morgan fingerprint density at radius 1 is 1.18 bits per heavy atom. The van der Waals surface area contributed by atoms with Gasteiger partial charge in [0.05, 0.1) is 0 Å². The molecule has 1 rings (SSSR count). The highest BCUT2D eigenvalue weighted by Crippen LogP contribution is 2.23. The van der Waals surface area contributed by atoms with Gasteiger partial charge in [-0.25, -0.2) is 0 Å². The molecule has 0 saturated heterocycles. The number of hydrogen-bond acceptors (Lipinski definition) is 1. The minimum absolute atomic E-state index is 0.405. The highest BCUT2D eigenvalue weighted by molar-refractivity contribution is 9.10. The van der Waals surface area contributed by atoms with E-state index in [1.165, 1.54) is 35.7 Å². The average molecular weight is 298 g/mol. The van der Waals surface area contributed by atoms with Crippen LogP contribution in [0.25, 0.3) is 0 Å². The van der Waals surface area contributed by atoms with Gasteiger partial charge >= 0.3 is 0 Å². The van der Waals surface area contributed by atoms with Gasteiger partial charge in [0.1, 0.15) is 0 Å². The topological polar surface area (TPSA) is 12.0 Å². The second-order valence-corrected chi connectivity index (χ2v) is 5.66. The molecule has 96 valence electrons. The molecule has 0 spiro atoms. The zero-order valence-electron chi connectivity index (χ0n) is 11.2. The molecule has 1 aromatic rings. The molecule has 0 amide bonds. The van der Waals surface area contributed by atoms with Gasteiger partial charge in [0.15, 0.2) is 0 Å². The third kappa shape index (κ3) is 5.22. The molecule has 0 aliphatic heterocycles. The minimum atomic E-state index is 0.405. The molecule has 0 bridgehead atoms. The largest absolute Gasteiger partial charge is 0.308 e. The number of unbranched alkanes of at least 4 members (excludes halogenated alkanes) is 2. The zero-order chi connectivity index (χ0) is 12.7. The Bertz CT molecular complexity index is 324. The highest BCUT2D eigenvalue weighted by Gasteiger charge is 2.11. The Morgan fingerprint density at radius 2 is 1.88 bits per heavy atom. The first-order valence-electron chi connectivity index (χ1n) is 6.65. The lowest BCUT2D eigenvalue weighted by molar-refractivity contribution is 0.439. The molecule has 1 nitrogen and oxygen atoms in total. The maximum Gasteiger partial charge on any atom is 0.0305 e. The van der Waals surface area contributed by atoms with Crippen molar-refractivity contribution in [3.05, 3.63) is 34.3 Å². The summed E-state index contributed by atoms with van der Waals surface area (Å²) in [4.78, 5) is 0. The van der Waals surface area contributed by atoms with E-state index < -0.39 is 0 Å². The van der Waals surface area contributed by atoms with Crippen LogP contribution in [0.2, 0.25) is 0 Å². The van der Waals surface area contributed by atoms with Gasteiger partial charge in [-0.05, 0) is 31.9 Å². The summed E-state index contributed by atoms with van der Waals surface area (Å²) in [5, 5.41) is 3.67. The summed E-state index contributed by atoms with van der Waals surface area (Å²) in [6.07, 6.45) is 5.23. The molecule has 1 aromatic carbocycles. The summed E-state index contributed by atoms with van der Waals surface area (Å²) < 4.78 is 1.20. The Hall–Kier alpha value is -0.340. The third-order valence-corrected chi connectivity index (χ3v) is 3.87. The SMILES string of the molecule is CCCCCC(C)N[C@H](C)c1ccccc1Br. The Balaban J connectivity index is 2.43. The van der Waals surface area contributed by atoms with E-state index in [0.29, 0.717) is 12.1 Å². The van der Waals surface area contributed by atoms with Crippen LogP contribution in [0.3, 0.4) is 0 Å². The van der Waals surface area contributed by atoms with Crippen molar-refractivity contribution in [2.45, 2.75) is 58.5 Å². The maximum absolute atomic E-state index is 3.67. The van der Waals surface area contributed by atoms with Crippen molar-refractivity contribution in [3.8, 4) is 0 Å². The number of hydrogen-bond donors (Lipinski definition) is 1. The van der Waals surface area contributed by atoms with Gasteiger partial charge in [0, 0.05) is 16.6 Å². The number of nitrogens with one attached hydrogen (secondary N) is 1. The van der Waals surface area contributed by atoms with E-state index >= 15 is 0 Å². The predicted octanol–water partition coefficient (Wildman–Crippen LogP) is 5.07. The van der Waals surface area contributed by atoms with Gasteiger partial charge in [-0.15, -0.1) is 0 Å². The van der Waals surface area contributed by atoms with Gasteiger partial charge in [-0.2, -0.15) is 0 Å². The summed E-state index contributed by atoms with van der Waals surface area (Å²) in [6, 6.07) is 9.44. The molecule has 2 heteroatoms. The number of rotatable bonds is 7. The van der Waals surface area contributed by atoms with Gasteiger partial charge in [-0.3, -0.25) is 0 Å². The Kier molecular flexibility index (Phi) is 6.83. The molecule has 1 unspecified atom stereocenters. The first kappa shape index (κ1) is 14.7. The van der Waals surface area contributed by atoms with E-state index in [9.17, 15) is 0 Å². The normalized spacial score (nSPS) is 14.6. The molecule has 0 aliphatic carbocycles. The first-order chi connectivity index (χ1) is 8.15. The van der Waals surface area contributed by atoms with Crippen molar-refractivity contribution in [2.75, 3.05) is 0 Å². The standard InChI is InChI=1S/C15H24BrN/c1-4-5-6-9-12(2)17-13(3)14-10-7-8-11-15(14)16/h7-8,10-13,17H,4-6,9H2,1-3H3/t12?,13-/m1/s1. The molecule has 0 aliphatic rings. The van der Waals surface area contributed by atoms with Crippen molar-refractivity contribution in [2.24, 2.45) is 0 Å². The van der Waals surface area contributed by atoms with Crippen LogP contribution in [0.4, 0.5) is 0 Å². The summed E-state index contributed by atoms with van der Waals surface area (Å²) >= 11 is 3.61. The highest BCUT2D eigenvalue weighted by atomic mass is 79.9. The third-order valence-electron chi connectivity index (χ3n) is 3.15. The van der Waals surface area contributed by atoms with Crippen LogP contribution < -0.4 is 5.32 Å². The lowest BCUT2D eigenvalue weighted by Gasteiger charge is -2.21. The molecular formula is C15H24BrN. The number of benzene rings is 1. The monoisotopic (exact) mass is 297 g/mol. The molecular weight excluding hydrogens is 274 g/mol. The average Bonchev–Trinajstić information content (AvgIpc) is 2.29. The van der Waals surface area contributed by atoms with Gasteiger partial charge in [-0.1, -0.05) is 60.3 Å². The van der Waals surface area contributed by atoms with E-state index in [1.54, 1.807) is 0 Å². The summed E-state index contributed by atoms with van der Waals surface area (Å²) in [6.45, 7) is 6.77. The Morgan fingerprint density at radius 3 is 2.53 bits per heavy atom. The molecule has 0 aromatic heterocycles. The lowest BCUT2D eigenvalue weighted by Crippen LogP contribution is -2.29. The van der Waals surface area contributed by atoms with Gasteiger partial charge in [0.2, 0.25) is 0 Å². The maximum atomic E-state index is 3.67. The minimum Gasteiger partial charge on any atom is -0.308 e. The fourth-order valence-corrected chi connectivity index (χ4v) is 2.75. The van der Waals surface area contributed by atoms with E-state index in [4.69, 9.17) is 0 Å². The van der Waals surface area contributed by atoms with Crippen LogP contribution in [-0.4, -0.2) is 6.04 Å². The van der Waals surface area contributed by atoms with Crippen molar-refractivity contribution in [1.82, 2.24) is 5.32 Å². The number of halogens is 1. The molecule has 0 heterocycles. The first-order valence-corrected chi connectivity index (χ1v) is 7.45. The smallest absolute Gasteiger partial charge is 0.0305 e. The molecule has 0 radical (unpaired) electrons. The van der Waals surface area contributed by atoms with E-state index in [-0.39, 0.29) is 0 Å². The lowest BCUT2D eigenvalue weighted by atomic mass is 10.1. The predicted molar refractivity (Wildman–Crippen MR) is 79.3 cm³/mol. The van der Waals surface area contributed by atoms with Crippen molar-refractivity contribution < 1.29 is 0 Å². The van der Waals surface area contributed by atoms with Crippen molar-refractivity contribution >= 4 is 15.9 Å². The van der Waals surface area contributed by atoms with Gasteiger partial charge in [0.25, 0.3) is 0 Å². The van der Waals surface area contributed by atoms with E-state index in [1.807, 2.05) is 0 Å². The van der Waals surface area contributed by atoms with Crippen LogP contribution in [0.15, 0.2) is 28.7 Å². The quantitative estimate of drug-likeness (QED) is 0.693. The second kappa shape index (κ2) is 7.88. The fraction of sp³-hybridized carbons (Fsp3) is 0.600. The second-order valence-electron chi connectivity index (χ2n) is 4.81. The summed E-state index contributed by atoms with van der Waals surface area (Å²) in [5.74, 6) is 0. The van der Waals surface area contributed by atoms with Crippen LogP contribution in [0, 0.1) is 0 Å². The van der Waals surface area contributed by atoms with Gasteiger partial charge < -0.3 is 5.32 Å². The van der Waals surface area contributed by atoms with Crippen LogP contribution in [0.5, 0.6) is 0 Å². The molecule has 1 N–H and O–H groups in total. The molecule has 17 heavy (non-hydrogen) atoms. The van der Waals surface area contributed by atoms with E-state index in [0.717, 1.165) is 0 Å². The van der Waals surface area contributed by atoms with Crippen molar-refractivity contribution in [3.63, 3.8) is 0 Å². The molecule has 2 atom stereocenters. The molecule has 0 saturated carbocycles.